The van der Waals surface area contributed by atoms with E-state index in [1.807, 2.05) is 0 Å². The molecule has 0 amide bonds. The summed E-state index contributed by atoms with van der Waals surface area (Å²) in [4.78, 5) is 5.24. The number of rotatable bonds is 3. The number of likely N-dealkylation sites (tertiary alicyclic amines) is 1. The van der Waals surface area contributed by atoms with Gasteiger partial charge in [0.15, 0.2) is 0 Å². The summed E-state index contributed by atoms with van der Waals surface area (Å²) in [6.07, 6.45) is 4.10. The Balaban J connectivity index is 1.70. The van der Waals surface area contributed by atoms with Gasteiger partial charge in [0, 0.05) is 31.4 Å². The van der Waals surface area contributed by atoms with Crippen LogP contribution in [0.4, 0.5) is 5.69 Å². The molecule has 1 atom stereocenters. The van der Waals surface area contributed by atoms with Gasteiger partial charge >= 0.3 is 0 Å². The largest absolute Gasteiger partial charge is 0.370 e. The molecule has 3 rings (SSSR count). The first-order chi connectivity index (χ1) is 9.28. The topological polar surface area (TPSA) is 32.5 Å². The predicted octanol–water partition coefficient (Wildman–Crippen LogP) is 2.13. The van der Waals surface area contributed by atoms with Crippen LogP contribution in [0.1, 0.15) is 30.4 Å². The van der Waals surface area contributed by atoms with Crippen LogP contribution in [0.15, 0.2) is 18.2 Å². The van der Waals surface area contributed by atoms with Crippen LogP contribution in [0, 0.1) is 6.92 Å². The molecule has 3 nitrogen and oxygen atoms in total. The van der Waals surface area contributed by atoms with E-state index in [2.05, 4.69) is 34.9 Å². The molecule has 3 heteroatoms. The fraction of sp³-hybridized carbons (Fsp3) is 0.625. The van der Waals surface area contributed by atoms with Crippen molar-refractivity contribution in [2.75, 3.05) is 31.1 Å². The van der Waals surface area contributed by atoms with Crippen molar-refractivity contribution in [3.63, 3.8) is 0 Å². The lowest BCUT2D eigenvalue weighted by Gasteiger charge is -2.25. The molecule has 1 unspecified atom stereocenters. The third-order valence-corrected chi connectivity index (χ3v) is 4.66. The van der Waals surface area contributed by atoms with E-state index >= 15 is 0 Å². The summed E-state index contributed by atoms with van der Waals surface area (Å²) in [5, 5.41) is 0. The van der Waals surface area contributed by atoms with Crippen LogP contribution in [-0.2, 0) is 6.54 Å². The van der Waals surface area contributed by atoms with Gasteiger partial charge in [-0.1, -0.05) is 12.1 Å². The van der Waals surface area contributed by atoms with Crippen LogP contribution in [0.5, 0.6) is 0 Å². The molecule has 2 N–H and O–H groups in total. The highest BCUT2D eigenvalue weighted by atomic mass is 15.3. The fourth-order valence-electron chi connectivity index (χ4n) is 3.56. The molecule has 0 spiro atoms. The lowest BCUT2D eigenvalue weighted by molar-refractivity contribution is 0.260. The van der Waals surface area contributed by atoms with Crippen LogP contribution in [0.25, 0.3) is 0 Å². The van der Waals surface area contributed by atoms with E-state index in [1.54, 1.807) is 0 Å². The summed E-state index contributed by atoms with van der Waals surface area (Å²) in [7, 11) is 0. The van der Waals surface area contributed by atoms with Gasteiger partial charge in [-0.15, -0.1) is 0 Å². The van der Waals surface area contributed by atoms with E-state index in [9.17, 15) is 0 Å². The molecule has 2 aliphatic heterocycles. The van der Waals surface area contributed by atoms with Crippen LogP contribution in [-0.4, -0.2) is 37.1 Å². The highest BCUT2D eigenvalue weighted by molar-refractivity contribution is 5.55. The number of nitrogens with zero attached hydrogens (tertiary/aromatic N) is 2. The summed E-state index contributed by atoms with van der Waals surface area (Å²) >= 11 is 0. The van der Waals surface area contributed by atoms with Gasteiger partial charge in [-0.05, 0) is 56.5 Å². The second-order valence-electron chi connectivity index (χ2n) is 5.96. The minimum absolute atomic E-state index is 0.636. The molecule has 1 aromatic rings. The zero-order valence-electron chi connectivity index (χ0n) is 11.9. The number of anilines is 1. The summed E-state index contributed by atoms with van der Waals surface area (Å²) in [5.74, 6) is 0. The van der Waals surface area contributed by atoms with E-state index in [4.69, 9.17) is 5.73 Å². The van der Waals surface area contributed by atoms with Gasteiger partial charge in [-0.2, -0.15) is 0 Å². The molecule has 104 valence electrons. The van der Waals surface area contributed by atoms with Gasteiger partial charge in [0.1, 0.15) is 0 Å². The average molecular weight is 259 g/mol. The van der Waals surface area contributed by atoms with Gasteiger partial charge in [0.25, 0.3) is 0 Å². The first-order valence-electron chi connectivity index (χ1n) is 7.56. The lowest BCUT2D eigenvalue weighted by atomic mass is 10.1. The van der Waals surface area contributed by atoms with Crippen LogP contribution in [0.2, 0.25) is 0 Å². The summed E-state index contributed by atoms with van der Waals surface area (Å²) in [5.41, 5.74) is 9.71. The van der Waals surface area contributed by atoms with Crippen molar-refractivity contribution in [1.29, 1.82) is 0 Å². The molecule has 1 aromatic carbocycles. The zero-order valence-corrected chi connectivity index (χ0v) is 11.9. The van der Waals surface area contributed by atoms with Crippen molar-refractivity contribution in [1.82, 2.24) is 4.90 Å². The van der Waals surface area contributed by atoms with Crippen molar-refractivity contribution < 1.29 is 0 Å². The molecule has 0 aromatic heterocycles. The smallest absolute Gasteiger partial charge is 0.0396 e. The zero-order chi connectivity index (χ0) is 13.2. The van der Waals surface area contributed by atoms with Gasteiger partial charge in [0.2, 0.25) is 0 Å². The van der Waals surface area contributed by atoms with E-state index in [0.717, 1.165) is 6.04 Å². The molecule has 2 heterocycles. The maximum Gasteiger partial charge on any atom is 0.0396 e. The number of aryl methyl sites for hydroxylation is 1. The van der Waals surface area contributed by atoms with Crippen molar-refractivity contribution in [3.05, 3.63) is 29.3 Å². The molecule has 19 heavy (non-hydrogen) atoms. The summed E-state index contributed by atoms with van der Waals surface area (Å²) in [6.45, 7) is 7.86. The van der Waals surface area contributed by atoms with Crippen LogP contribution < -0.4 is 10.6 Å². The Labute approximate surface area is 116 Å². The van der Waals surface area contributed by atoms with Gasteiger partial charge in [-0.3, -0.25) is 4.90 Å². The Morgan fingerprint density at radius 2 is 2.00 bits per heavy atom. The van der Waals surface area contributed by atoms with Gasteiger partial charge in [-0.25, -0.2) is 0 Å². The second kappa shape index (κ2) is 5.51. The number of nitrogens with two attached hydrogens (primary N) is 1. The van der Waals surface area contributed by atoms with E-state index in [1.165, 1.54) is 62.3 Å². The van der Waals surface area contributed by atoms with Crippen LogP contribution >= 0.6 is 0 Å². The van der Waals surface area contributed by atoms with Crippen molar-refractivity contribution in [3.8, 4) is 0 Å². The third-order valence-electron chi connectivity index (χ3n) is 4.66. The SMILES string of the molecule is Cc1cc(CN)ccc1N1CCC(N2CCCC2)C1. The number of hydrogen-bond donors (Lipinski definition) is 1. The van der Waals surface area contributed by atoms with Crippen molar-refractivity contribution >= 4 is 5.69 Å². The quantitative estimate of drug-likeness (QED) is 0.902. The lowest BCUT2D eigenvalue weighted by Crippen LogP contribution is -2.35. The first-order valence-corrected chi connectivity index (χ1v) is 7.56. The maximum atomic E-state index is 5.71. The van der Waals surface area contributed by atoms with Crippen molar-refractivity contribution in [2.24, 2.45) is 5.73 Å². The molecule has 2 fully saturated rings. The Kier molecular flexibility index (Phi) is 3.76. The highest BCUT2D eigenvalue weighted by Crippen LogP contribution is 2.28. The Bertz CT molecular complexity index is 438. The molecule has 0 saturated carbocycles. The molecule has 0 aliphatic carbocycles. The number of benzene rings is 1. The highest BCUT2D eigenvalue weighted by Gasteiger charge is 2.29. The van der Waals surface area contributed by atoms with Crippen LogP contribution in [0.3, 0.4) is 0 Å². The summed E-state index contributed by atoms with van der Waals surface area (Å²) < 4.78 is 0. The molecule has 0 radical (unpaired) electrons. The summed E-state index contributed by atoms with van der Waals surface area (Å²) in [6, 6.07) is 7.43. The third kappa shape index (κ3) is 2.63. The first kappa shape index (κ1) is 12.9. The molecule has 2 saturated heterocycles. The minimum Gasteiger partial charge on any atom is -0.370 e. The standard InChI is InChI=1S/C16H25N3/c1-13-10-14(11-17)4-5-16(13)19-9-6-15(12-19)18-7-2-3-8-18/h4-5,10,15H,2-3,6-9,11-12,17H2,1H3. The normalized spacial score (nSPS) is 24.3. The average Bonchev–Trinajstić information content (AvgIpc) is 3.09. The molecule has 0 bridgehead atoms. The molecular formula is C16H25N3. The van der Waals surface area contributed by atoms with E-state index < -0.39 is 0 Å². The van der Waals surface area contributed by atoms with Gasteiger partial charge in [0.05, 0.1) is 0 Å². The fourth-order valence-corrected chi connectivity index (χ4v) is 3.56. The monoisotopic (exact) mass is 259 g/mol. The number of hydrogen-bond acceptors (Lipinski definition) is 3. The second-order valence-corrected chi connectivity index (χ2v) is 5.96. The van der Waals surface area contributed by atoms with E-state index in [0.29, 0.717) is 6.54 Å². The molecular weight excluding hydrogens is 234 g/mol. The van der Waals surface area contributed by atoms with E-state index in [-0.39, 0.29) is 0 Å². The Morgan fingerprint density at radius 3 is 2.68 bits per heavy atom. The molecule has 2 aliphatic rings. The minimum atomic E-state index is 0.636. The predicted molar refractivity (Wildman–Crippen MR) is 80.5 cm³/mol. The van der Waals surface area contributed by atoms with Gasteiger partial charge < -0.3 is 10.6 Å². The Hall–Kier alpha value is -1.06. The van der Waals surface area contributed by atoms with Crippen molar-refractivity contribution in [2.45, 2.75) is 38.8 Å². The Morgan fingerprint density at radius 1 is 1.21 bits per heavy atom. The maximum absolute atomic E-state index is 5.71.